The fraction of sp³-hybridized carbons (Fsp3) is 0.273. The summed E-state index contributed by atoms with van der Waals surface area (Å²) >= 11 is 0. The van der Waals surface area contributed by atoms with Crippen LogP contribution in [0.15, 0.2) is 122 Å². The van der Waals surface area contributed by atoms with Crippen LogP contribution >= 0.6 is 0 Å². The van der Waals surface area contributed by atoms with Gasteiger partial charge in [-0.05, 0) is 110 Å². The number of carbonyl (C=O) groups is 4. The highest BCUT2D eigenvalue weighted by Crippen LogP contribution is 2.21. The second kappa shape index (κ2) is 27.7. The number of hydrogen-bond donors (Lipinski definition) is 6. The van der Waals surface area contributed by atoms with Gasteiger partial charge in [0.1, 0.15) is 29.6 Å². The average molecular weight is 879 g/mol. The summed E-state index contributed by atoms with van der Waals surface area (Å²) in [5.74, 6) is -1.63. The number of aromatic hydroxyl groups is 4. The maximum Gasteiger partial charge on any atom is 0.338 e. The fourth-order valence-corrected chi connectivity index (χ4v) is 47.7. The molecule has 0 unspecified atom stereocenters. The van der Waals surface area contributed by atoms with Gasteiger partial charge in [-0.25, -0.2) is 19.2 Å². The molecular formula is C44H58O13Si3. The van der Waals surface area contributed by atoms with Gasteiger partial charge in [0.05, 0.1) is 42.1 Å². The van der Waals surface area contributed by atoms with Gasteiger partial charge < -0.3 is 44.8 Å². The van der Waals surface area contributed by atoms with E-state index in [1.165, 1.54) is 84.9 Å². The third kappa shape index (κ3) is 22.8. The number of aromatic carboxylic acids is 1. The van der Waals surface area contributed by atoms with Gasteiger partial charge in [-0.15, -0.1) is 6.58 Å². The number of benzene rings is 4. The summed E-state index contributed by atoms with van der Waals surface area (Å²) < 4.78 is 15.6. The Morgan fingerprint density at radius 1 is 0.533 bits per heavy atom. The predicted molar refractivity (Wildman–Crippen MR) is 240 cm³/mol. The Balaban J connectivity index is 0.000000537. The highest BCUT2D eigenvalue weighted by atomic mass is 29.6. The van der Waals surface area contributed by atoms with Crippen LogP contribution in [0.2, 0.25) is 38.3 Å². The van der Waals surface area contributed by atoms with Gasteiger partial charge in [0.15, 0.2) is 0 Å². The molecule has 0 aliphatic carbocycles. The molecule has 4 aromatic carbocycles. The number of carboxylic acids is 1. The summed E-state index contributed by atoms with van der Waals surface area (Å²) in [6.07, 6.45) is 4.72. The number of hydrogen-bond acceptors (Lipinski definition) is 12. The van der Waals surface area contributed by atoms with Crippen molar-refractivity contribution in [3.05, 3.63) is 145 Å². The van der Waals surface area contributed by atoms with Gasteiger partial charge in [0.25, 0.3) is 0 Å². The molecular weight excluding hydrogens is 821 g/mol. The zero-order valence-corrected chi connectivity index (χ0v) is 38.1. The molecule has 13 nitrogen and oxygen atoms in total. The molecule has 16 heteroatoms. The lowest BCUT2D eigenvalue weighted by atomic mass is 10.2. The van der Waals surface area contributed by atoms with E-state index >= 15 is 0 Å². The van der Waals surface area contributed by atoms with Crippen LogP contribution < -0.4 is 0 Å². The number of carbonyl (C=O) groups excluding carboxylic acids is 3. The molecule has 4 aromatic rings. The number of aliphatic hydroxyl groups is 1. The van der Waals surface area contributed by atoms with Crippen LogP contribution in [0.1, 0.15) is 54.3 Å². The largest absolute Gasteiger partial charge is 0.508 e. The van der Waals surface area contributed by atoms with Crippen molar-refractivity contribution in [1.29, 1.82) is 0 Å². The minimum absolute atomic E-state index is 0.0741. The van der Waals surface area contributed by atoms with E-state index in [1.54, 1.807) is 24.3 Å². The van der Waals surface area contributed by atoms with Gasteiger partial charge in [-0.2, -0.15) is 0 Å². The van der Waals surface area contributed by atoms with E-state index in [0.717, 1.165) is 24.9 Å². The molecule has 0 aromatic heterocycles. The highest BCUT2D eigenvalue weighted by molar-refractivity contribution is 7.52. The maximum absolute atomic E-state index is 12.1. The van der Waals surface area contributed by atoms with Crippen molar-refractivity contribution >= 4 is 47.6 Å². The fourth-order valence-electron chi connectivity index (χ4n) is 5.68. The molecule has 0 saturated carbocycles. The predicted octanol–water partition coefficient (Wildman–Crippen LogP) is 7.46. The van der Waals surface area contributed by atoms with Crippen LogP contribution in [0.25, 0.3) is 0 Å². The van der Waals surface area contributed by atoms with Crippen LogP contribution in [0.4, 0.5) is 0 Å². The van der Waals surface area contributed by atoms with Gasteiger partial charge >= 0.3 is 23.9 Å². The molecule has 0 heterocycles. The standard InChI is InChI=1S/C24H36O6Si3.C10H10O3.C7H6O3.C3H6O/c1-32(2,17-5-15-29-23(27)19-7-11-21(25)12-8-19)31-33(3,4)18-6-16-30-24(28)20-9-13-22(26)14-10-20;1-2-7-13-10(12)8-3-5-9(11)6-4-8;8-6-3-1-5(2-4-6)7(9)10;1-2-3-4/h7-14,25-26H,5-6,15-18,31H2,1-4H3;2-6,11H,1,7H2;1-4,8H,(H,9,10);2,4H,1,3H2. The van der Waals surface area contributed by atoms with Crippen molar-refractivity contribution in [3.63, 3.8) is 0 Å². The lowest BCUT2D eigenvalue weighted by Crippen LogP contribution is -2.50. The van der Waals surface area contributed by atoms with Crippen molar-refractivity contribution in [2.75, 3.05) is 26.4 Å². The summed E-state index contributed by atoms with van der Waals surface area (Å²) in [4.78, 5) is 45.6. The molecule has 0 atom stereocenters. The topological polar surface area (TPSA) is 217 Å². The Bertz CT molecular complexity index is 1840. The van der Waals surface area contributed by atoms with Crippen molar-refractivity contribution in [1.82, 2.24) is 0 Å². The Labute approximate surface area is 355 Å². The normalized spacial score (nSPS) is 10.4. The molecule has 6 N–H and O–H groups in total. The molecule has 0 saturated heterocycles. The van der Waals surface area contributed by atoms with E-state index in [0.29, 0.717) is 29.9 Å². The minimum Gasteiger partial charge on any atom is -0.508 e. The molecule has 0 radical (unpaired) electrons. The van der Waals surface area contributed by atoms with Gasteiger partial charge in [-0.3, -0.25) is 0 Å². The van der Waals surface area contributed by atoms with Gasteiger partial charge in [-0.1, -0.05) is 57.0 Å². The molecule has 0 fully saturated rings. The minimum atomic E-state index is -1.29. The van der Waals surface area contributed by atoms with Crippen LogP contribution in [0.3, 0.4) is 0 Å². The van der Waals surface area contributed by atoms with Crippen LogP contribution in [-0.4, -0.2) is 105 Å². The first-order chi connectivity index (χ1) is 28.3. The van der Waals surface area contributed by atoms with Crippen molar-refractivity contribution in [2.24, 2.45) is 0 Å². The van der Waals surface area contributed by atoms with Crippen molar-refractivity contribution < 1.29 is 64.0 Å². The van der Waals surface area contributed by atoms with Gasteiger partial charge in [0.2, 0.25) is 0 Å². The molecule has 0 spiro atoms. The molecule has 4 rings (SSSR count). The Kier molecular flexibility index (Phi) is 24.0. The first kappa shape index (κ1) is 52.1. The molecule has 0 aliphatic heterocycles. The molecule has 60 heavy (non-hydrogen) atoms. The molecule has 324 valence electrons. The number of esters is 3. The Morgan fingerprint density at radius 2 is 0.817 bits per heavy atom. The van der Waals surface area contributed by atoms with Crippen molar-refractivity contribution in [3.8, 4) is 23.0 Å². The van der Waals surface area contributed by atoms with E-state index in [-0.39, 0.29) is 62.3 Å². The van der Waals surface area contributed by atoms with E-state index < -0.39 is 27.1 Å². The first-order valence-corrected chi connectivity index (χ1v) is 30.1. The third-order valence-electron chi connectivity index (χ3n) is 8.30. The number of phenolic OH excluding ortho intramolecular Hbond substituents is 4. The number of phenols is 4. The first-order valence-electron chi connectivity index (χ1n) is 19.1. The summed E-state index contributed by atoms with van der Waals surface area (Å²) in [5, 5.41) is 52.5. The Hall–Kier alpha value is -5.95. The summed E-state index contributed by atoms with van der Waals surface area (Å²) in [7, 11) is -2.78. The number of rotatable bonds is 17. The lowest BCUT2D eigenvalue weighted by Gasteiger charge is -2.32. The summed E-state index contributed by atoms with van der Waals surface area (Å²) in [5.41, 5.74) is 1.51. The molecule has 0 bridgehead atoms. The van der Waals surface area contributed by atoms with E-state index in [1.807, 2.05) is 0 Å². The zero-order valence-electron chi connectivity index (χ0n) is 34.7. The summed E-state index contributed by atoms with van der Waals surface area (Å²) in [6, 6.07) is 25.8. The monoisotopic (exact) mass is 878 g/mol. The lowest BCUT2D eigenvalue weighted by molar-refractivity contribution is 0.0496. The van der Waals surface area contributed by atoms with Crippen LogP contribution in [0.5, 0.6) is 23.0 Å². The Morgan fingerprint density at radius 3 is 1.08 bits per heavy atom. The zero-order chi connectivity index (χ0) is 45.1. The van der Waals surface area contributed by atoms with Gasteiger partial charge in [0, 0.05) is 23.7 Å². The average Bonchev–Trinajstić information content (AvgIpc) is 3.21. The number of carboxylic acid groups (broad SMARTS) is 1. The second-order valence-corrected chi connectivity index (χ2v) is 40.6. The van der Waals surface area contributed by atoms with Crippen molar-refractivity contribution in [2.45, 2.75) is 51.1 Å². The molecule has 0 amide bonds. The maximum atomic E-state index is 12.1. The van der Waals surface area contributed by atoms with Crippen LogP contribution in [0, 0.1) is 0 Å². The van der Waals surface area contributed by atoms with E-state index in [4.69, 9.17) is 34.6 Å². The molecule has 0 aliphatic rings. The smallest absolute Gasteiger partial charge is 0.338 e. The SMILES string of the molecule is C=CCO.C=CCOC(=O)c1ccc(O)cc1.C[Si](C)(CCCOC(=O)c1ccc(O)cc1)[SiH2][Si](C)(C)CCCOC(=O)c1ccc(O)cc1.O=C(O)c1ccc(O)cc1. The third-order valence-corrected chi connectivity index (χ3v) is 38.7. The quantitative estimate of drug-likeness (QED) is 0.0200. The summed E-state index contributed by atoms with van der Waals surface area (Å²) in [6.45, 7) is 17.6. The number of ether oxygens (including phenoxy) is 3. The van der Waals surface area contributed by atoms with E-state index in [9.17, 15) is 29.4 Å². The second-order valence-electron chi connectivity index (χ2n) is 14.8. The van der Waals surface area contributed by atoms with Crippen LogP contribution in [-0.2, 0) is 14.2 Å². The highest BCUT2D eigenvalue weighted by Gasteiger charge is 2.32. The number of aliphatic hydroxyl groups excluding tert-OH is 1. The van der Waals surface area contributed by atoms with E-state index in [2.05, 4.69) is 39.3 Å².